The molecular formula is C23H19F6NO3S. The zero-order chi connectivity index (χ0) is 25.5. The van der Waals surface area contributed by atoms with Gasteiger partial charge in [-0.15, -0.1) is 11.3 Å². The predicted molar refractivity (Wildman–Crippen MR) is 114 cm³/mol. The van der Waals surface area contributed by atoms with E-state index >= 15 is 13.2 Å². The number of rotatable bonds is 7. The van der Waals surface area contributed by atoms with Crippen LogP contribution in [0.3, 0.4) is 0 Å². The molecule has 0 saturated heterocycles. The Bertz CT molecular complexity index is 1200. The molecule has 0 amide bonds. The average Bonchev–Trinajstić information content (AvgIpc) is 3.14. The summed E-state index contributed by atoms with van der Waals surface area (Å²) >= 11 is 0.501. The van der Waals surface area contributed by atoms with Gasteiger partial charge in [-0.25, -0.2) is 14.2 Å². The van der Waals surface area contributed by atoms with E-state index in [9.17, 15) is 18.0 Å². The molecule has 11 heteroatoms. The molecule has 34 heavy (non-hydrogen) atoms. The maximum atomic E-state index is 15.7. The van der Waals surface area contributed by atoms with Gasteiger partial charge >= 0.3 is 18.1 Å². The van der Waals surface area contributed by atoms with Gasteiger partial charge in [0.25, 0.3) is 0 Å². The number of carboxylic acids is 1. The first-order valence-corrected chi connectivity index (χ1v) is 10.6. The summed E-state index contributed by atoms with van der Waals surface area (Å²) in [5.74, 6) is -5.15. The average molecular weight is 503 g/mol. The van der Waals surface area contributed by atoms with Crippen molar-refractivity contribution in [2.75, 3.05) is 6.61 Å². The van der Waals surface area contributed by atoms with Gasteiger partial charge in [0.05, 0.1) is 11.3 Å². The van der Waals surface area contributed by atoms with Crippen LogP contribution in [0.5, 0.6) is 5.75 Å². The van der Waals surface area contributed by atoms with Crippen molar-refractivity contribution in [3.63, 3.8) is 0 Å². The van der Waals surface area contributed by atoms with E-state index in [4.69, 9.17) is 9.84 Å². The summed E-state index contributed by atoms with van der Waals surface area (Å²) in [6.45, 7) is 2.82. The van der Waals surface area contributed by atoms with Crippen LogP contribution in [-0.2, 0) is 22.6 Å². The smallest absolute Gasteiger partial charge is 0.416 e. The Balaban J connectivity index is 1.94. The van der Waals surface area contributed by atoms with Gasteiger partial charge in [-0.05, 0) is 56.2 Å². The largest absolute Gasteiger partial charge is 0.482 e. The molecule has 1 N–H and O–H groups in total. The van der Waals surface area contributed by atoms with Crippen LogP contribution in [0.15, 0.2) is 42.5 Å². The number of alkyl halides is 6. The van der Waals surface area contributed by atoms with Crippen molar-refractivity contribution in [2.24, 2.45) is 0 Å². The highest BCUT2D eigenvalue weighted by atomic mass is 32.1. The highest BCUT2D eigenvalue weighted by molar-refractivity contribution is 7.15. The highest BCUT2D eigenvalue weighted by Gasteiger charge is 2.56. The quantitative estimate of drug-likeness (QED) is 0.357. The summed E-state index contributed by atoms with van der Waals surface area (Å²) in [5.41, 5.74) is -4.12. The Labute approximate surface area is 194 Å². The molecule has 0 bridgehead atoms. The second-order valence-corrected chi connectivity index (χ2v) is 8.75. The van der Waals surface area contributed by atoms with Crippen LogP contribution in [0, 0.1) is 13.8 Å². The Hall–Kier alpha value is -3.08. The maximum Gasteiger partial charge on any atom is 0.416 e. The van der Waals surface area contributed by atoms with Crippen LogP contribution in [-0.4, -0.2) is 22.7 Å². The van der Waals surface area contributed by atoms with Crippen LogP contribution in [0.25, 0.3) is 10.6 Å². The van der Waals surface area contributed by atoms with Crippen LogP contribution in [0.2, 0.25) is 0 Å². The van der Waals surface area contributed by atoms with E-state index in [1.54, 1.807) is 0 Å². The minimum Gasteiger partial charge on any atom is -0.482 e. The van der Waals surface area contributed by atoms with Gasteiger partial charge < -0.3 is 9.84 Å². The van der Waals surface area contributed by atoms with E-state index in [-0.39, 0.29) is 33.1 Å². The number of nitrogens with zero attached hydrogens (tertiary/aromatic N) is 1. The number of carboxylic acid groups (broad SMARTS) is 1. The first kappa shape index (κ1) is 25.5. The van der Waals surface area contributed by atoms with E-state index in [1.165, 1.54) is 19.9 Å². The van der Waals surface area contributed by atoms with E-state index in [0.29, 0.717) is 11.3 Å². The standard InChI is InChI=1S/C23H19F6NO3S/c1-12-10-16(8-9-17(12)33-11-18(31)32)21(3,24)22(25,26)19-13(2)30-20(34-19)14-4-6-15(7-5-14)23(27,28)29/h4-10H,11H2,1-3H3,(H,31,32). The van der Waals surface area contributed by atoms with Crippen LogP contribution in [0.1, 0.15) is 34.2 Å². The van der Waals surface area contributed by atoms with Gasteiger partial charge in [-0.3, -0.25) is 0 Å². The van der Waals surface area contributed by atoms with E-state index in [0.717, 1.165) is 43.3 Å². The highest BCUT2D eigenvalue weighted by Crippen LogP contribution is 2.52. The molecule has 0 fully saturated rings. The van der Waals surface area contributed by atoms with Crippen LogP contribution >= 0.6 is 11.3 Å². The third kappa shape index (κ3) is 4.89. The zero-order valence-electron chi connectivity index (χ0n) is 18.1. The van der Waals surface area contributed by atoms with Crippen molar-refractivity contribution in [1.82, 2.24) is 4.98 Å². The van der Waals surface area contributed by atoms with Crippen molar-refractivity contribution in [1.29, 1.82) is 0 Å². The van der Waals surface area contributed by atoms with E-state index < -0.39 is 40.8 Å². The Morgan fingerprint density at radius 1 is 1.00 bits per heavy atom. The number of benzene rings is 2. The summed E-state index contributed by atoms with van der Waals surface area (Å²) < 4.78 is 90.0. The van der Waals surface area contributed by atoms with Crippen molar-refractivity contribution in [3.05, 3.63) is 69.7 Å². The monoisotopic (exact) mass is 503 g/mol. The molecule has 3 rings (SSSR count). The minimum absolute atomic E-state index is 0.0327. The molecule has 1 aromatic heterocycles. The lowest BCUT2D eigenvalue weighted by atomic mass is 9.88. The molecule has 0 aliphatic carbocycles. The first-order valence-electron chi connectivity index (χ1n) is 9.82. The molecule has 1 atom stereocenters. The first-order chi connectivity index (χ1) is 15.6. The van der Waals surface area contributed by atoms with Gasteiger partial charge in [0.1, 0.15) is 15.6 Å². The number of aromatic nitrogens is 1. The summed E-state index contributed by atoms with van der Waals surface area (Å²) in [6, 6.07) is 7.34. The molecule has 1 heterocycles. The molecule has 0 spiro atoms. The maximum absolute atomic E-state index is 15.7. The number of ether oxygens (including phenoxy) is 1. The molecule has 1 unspecified atom stereocenters. The third-order valence-electron chi connectivity index (χ3n) is 5.20. The SMILES string of the molecule is Cc1cc(C(C)(F)C(F)(F)c2sc(-c3ccc(C(F)(F)F)cc3)nc2C)ccc1OCC(=O)O. The predicted octanol–water partition coefficient (Wildman–Crippen LogP) is 6.89. The fraction of sp³-hybridized carbons (Fsp3) is 0.304. The third-order valence-corrected chi connectivity index (χ3v) is 6.48. The second kappa shape index (κ2) is 8.94. The topological polar surface area (TPSA) is 59.4 Å². The number of aliphatic carboxylic acids is 1. The number of hydrogen-bond donors (Lipinski definition) is 1. The lowest BCUT2D eigenvalue weighted by molar-refractivity contribution is -0.139. The van der Waals surface area contributed by atoms with Gasteiger partial charge in [-0.2, -0.15) is 22.0 Å². The Morgan fingerprint density at radius 2 is 1.59 bits per heavy atom. The fourth-order valence-corrected chi connectivity index (χ4v) is 4.39. The number of hydrogen-bond acceptors (Lipinski definition) is 4. The van der Waals surface area contributed by atoms with E-state index in [2.05, 4.69) is 4.98 Å². The Kier molecular flexibility index (Phi) is 6.71. The summed E-state index contributed by atoms with van der Waals surface area (Å²) in [7, 11) is 0. The van der Waals surface area contributed by atoms with Crippen molar-refractivity contribution >= 4 is 17.3 Å². The number of thiazole rings is 1. The zero-order valence-corrected chi connectivity index (χ0v) is 19.0. The van der Waals surface area contributed by atoms with Crippen molar-refractivity contribution < 1.29 is 41.0 Å². The number of halogens is 6. The molecule has 0 saturated carbocycles. The molecule has 0 aliphatic rings. The molecule has 0 radical (unpaired) electrons. The summed E-state index contributed by atoms with van der Waals surface area (Å²) in [6.07, 6.45) is -4.54. The number of carbonyl (C=O) groups is 1. The number of aryl methyl sites for hydroxylation is 2. The van der Waals surface area contributed by atoms with Gasteiger partial charge in [0.15, 0.2) is 6.61 Å². The molecule has 182 valence electrons. The van der Waals surface area contributed by atoms with Gasteiger partial charge in [-0.1, -0.05) is 18.2 Å². The molecule has 2 aromatic carbocycles. The lowest BCUT2D eigenvalue weighted by Gasteiger charge is -2.30. The second-order valence-electron chi connectivity index (χ2n) is 7.75. The molecule has 0 aliphatic heterocycles. The molecule has 3 aromatic rings. The van der Waals surface area contributed by atoms with Crippen LogP contribution in [0.4, 0.5) is 26.3 Å². The lowest BCUT2D eigenvalue weighted by Crippen LogP contribution is -2.36. The minimum atomic E-state index is -4.54. The summed E-state index contributed by atoms with van der Waals surface area (Å²) in [4.78, 5) is 14.0. The van der Waals surface area contributed by atoms with Crippen molar-refractivity contribution in [2.45, 2.75) is 38.5 Å². The van der Waals surface area contributed by atoms with Crippen molar-refractivity contribution in [3.8, 4) is 16.3 Å². The van der Waals surface area contributed by atoms with E-state index in [1.807, 2.05) is 0 Å². The van der Waals surface area contributed by atoms with Gasteiger partial charge in [0.2, 0.25) is 5.67 Å². The fourth-order valence-electron chi connectivity index (χ4n) is 3.25. The Morgan fingerprint density at radius 3 is 2.12 bits per heavy atom. The normalized spacial score (nSPS) is 14.0. The van der Waals surface area contributed by atoms with Gasteiger partial charge in [0, 0.05) is 5.56 Å². The molecule has 4 nitrogen and oxygen atoms in total. The van der Waals surface area contributed by atoms with Crippen LogP contribution < -0.4 is 4.74 Å². The summed E-state index contributed by atoms with van der Waals surface area (Å²) in [5, 5.41) is 8.74. The molecular weight excluding hydrogens is 484 g/mol.